The molecule has 2 atom stereocenters. The smallest absolute Gasteiger partial charge is 0.266 e. The van der Waals surface area contributed by atoms with E-state index in [-0.39, 0.29) is 27.7 Å². The first-order valence-corrected chi connectivity index (χ1v) is 11.8. The topological polar surface area (TPSA) is 80.8 Å². The number of amides is 2. The fraction of sp³-hybridized carbons (Fsp3) is 0.455. The Morgan fingerprint density at radius 3 is 2.03 bits per heavy atom. The number of hydroxylamine groups is 2. The van der Waals surface area contributed by atoms with Gasteiger partial charge in [-0.05, 0) is 71.8 Å². The molecule has 0 saturated heterocycles. The highest BCUT2D eigenvalue weighted by molar-refractivity contribution is 7.86. The maximum Gasteiger partial charge on any atom is 0.289 e. The molecular formula is C22H19NO5S. The zero-order chi connectivity index (χ0) is 19.8. The van der Waals surface area contributed by atoms with Gasteiger partial charge in [-0.2, -0.15) is 8.42 Å². The predicted octanol–water partition coefficient (Wildman–Crippen LogP) is 3.13. The third kappa shape index (κ3) is 1.65. The summed E-state index contributed by atoms with van der Waals surface area (Å²) in [5, 5.41) is 1.77. The van der Waals surface area contributed by atoms with Gasteiger partial charge in [0.25, 0.3) is 21.9 Å². The van der Waals surface area contributed by atoms with Gasteiger partial charge in [0.15, 0.2) is 0 Å². The van der Waals surface area contributed by atoms with Crippen LogP contribution in [0, 0.1) is 28.6 Å². The van der Waals surface area contributed by atoms with Crippen molar-refractivity contribution in [1.29, 1.82) is 0 Å². The molecule has 4 aliphatic carbocycles. The van der Waals surface area contributed by atoms with Crippen LogP contribution in [0.15, 0.2) is 36.4 Å². The standard InChI is InChI=1S/C22H19NO5S/c24-19-16-5-1-3-12-4-2-6-17(18(12)16)20(25)23(19)28-29(26,27)11-21-9-14-7-13-8-15(10-21)22(13,14)21/h1-6,13-15H,7-11H2. The lowest BCUT2D eigenvalue weighted by molar-refractivity contribution is -0.423. The predicted molar refractivity (Wildman–Crippen MR) is 103 cm³/mol. The van der Waals surface area contributed by atoms with Crippen molar-refractivity contribution in [2.24, 2.45) is 28.6 Å². The lowest BCUT2D eigenvalue weighted by atomic mass is 9.13. The van der Waals surface area contributed by atoms with Crippen LogP contribution in [0.5, 0.6) is 0 Å². The lowest BCUT2D eigenvalue weighted by Crippen LogP contribution is -2.86. The van der Waals surface area contributed by atoms with E-state index in [2.05, 4.69) is 0 Å². The molecule has 0 bridgehead atoms. The molecule has 4 fully saturated rings. The van der Waals surface area contributed by atoms with Crippen molar-refractivity contribution in [3.8, 4) is 0 Å². The van der Waals surface area contributed by atoms with E-state index in [0.717, 1.165) is 18.2 Å². The van der Waals surface area contributed by atoms with Crippen molar-refractivity contribution in [3.05, 3.63) is 47.5 Å². The fourth-order valence-electron chi connectivity index (χ4n) is 7.96. The number of carbonyl (C=O) groups is 2. The van der Waals surface area contributed by atoms with Crippen LogP contribution in [0.3, 0.4) is 0 Å². The number of benzene rings is 2. The van der Waals surface area contributed by atoms with Crippen molar-refractivity contribution in [2.75, 3.05) is 5.75 Å². The van der Waals surface area contributed by atoms with Crippen LogP contribution in [0.4, 0.5) is 0 Å². The first kappa shape index (κ1) is 16.5. The third-order valence-corrected chi connectivity index (χ3v) is 10.0. The quantitative estimate of drug-likeness (QED) is 0.725. The molecule has 6 nitrogen and oxygen atoms in total. The third-order valence-electron chi connectivity index (χ3n) is 8.73. The van der Waals surface area contributed by atoms with Crippen LogP contribution in [0.1, 0.15) is 46.4 Å². The zero-order valence-electron chi connectivity index (χ0n) is 15.6. The van der Waals surface area contributed by atoms with Crippen LogP contribution in [-0.2, 0) is 14.4 Å². The van der Waals surface area contributed by atoms with Crippen LogP contribution >= 0.6 is 0 Å². The highest BCUT2D eigenvalue weighted by Crippen LogP contribution is 2.92. The zero-order valence-corrected chi connectivity index (χ0v) is 16.4. The van der Waals surface area contributed by atoms with Crippen LogP contribution in [0.2, 0.25) is 0 Å². The van der Waals surface area contributed by atoms with E-state index < -0.39 is 21.9 Å². The Labute approximate surface area is 167 Å². The number of carbonyl (C=O) groups excluding carboxylic acids is 2. The molecule has 0 radical (unpaired) electrons. The normalized spacial score (nSPS) is 38.3. The Balaban J connectivity index is 1.21. The molecule has 29 heavy (non-hydrogen) atoms. The van der Waals surface area contributed by atoms with Gasteiger partial charge in [-0.3, -0.25) is 9.59 Å². The second-order valence-corrected chi connectivity index (χ2v) is 11.1. The minimum atomic E-state index is -4.07. The van der Waals surface area contributed by atoms with Gasteiger partial charge in [-0.1, -0.05) is 24.3 Å². The molecule has 0 N–H and O–H groups in total. The van der Waals surface area contributed by atoms with Gasteiger partial charge in [-0.15, -0.1) is 9.35 Å². The average Bonchev–Trinajstić information content (AvgIpc) is 2.63. The summed E-state index contributed by atoms with van der Waals surface area (Å²) in [5.74, 6) is 0.504. The van der Waals surface area contributed by atoms with Gasteiger partial charge in [0, 0.05) is 5.39 Å². The SMILES string of the molecule is O=C1c2cccc3cccc(c23)C(=O)N1OS(=O)(=O)CC12CC3CC4CC(C1)C432. The van der Waals surface area contributed by atoms with Gasteiger partial charge in [0.05, 0.1) is 16.9 Å². The second-order valence-electron chi connectivity index (χ2n) is 9.57. The molecule has 7 heteroatoms. The molecule has 2 aromatic carbocycles. The van der Waals surface area contributed by atoms with E-state index in [9.17, 15) is 18.0 Å². The number of hydrogen-bond acceptors (Lipinski definition) is 5. The molecule has 2 aromatic rings. The highest BCUT2D eigenvalue weighted by atomic mass is 32.2. The molecule has 1 aliphatic heterocycles. The summed E-state index contributed by atoms with van der Waals surface area (Å²) in [6, 6.07) is 10.3. The Kier molecular flexibility index (Phi) is 2.70. The molecule has 7 rings (SSSR count). The summed E-state index contributed by atoms with van der Waals surface area (Å²) in [6.45, 7) is 0. The van der Waals surface area contributed by atoms with E-state index in [0.29, 0.717) is 28.2 Å². The van der Waals surface area contributed by atoms with Crippen molar-refractivity contribution in [1.82, 2.24) is 5.06 Å². The molecule has 1 heterocycles. The molecule has 148 valence electrons. The number of rotatable bonds is 4. The Morgan fingerprint density at radius 2 is 1.52 bits per heavy atom. The average molecular weight is 409 g/mol. The molecule has 4 saturated carbocycles. The van der Waals surface area contributed by atoms with Crippen molar-refractivity contribution < 1.29 is 22.3 Å². The number of nitrogens with zero attached hydrogens (tertiary/aromatic N) is 1. The summed E-state index contributed by atoms with van der Waals surface area (Å²) >= 11 is 0. The second kappa shape index (κ2) is 4.73. The van der Waals surface area contributed by atoms with E-state index in [1.54, 1.807) is 24.3 Å². The summed E-state index contributed by atoms with van der Waals surface area (Å²) in [5.41, 5.74) is 0.616. The van der Waals surface area contributed by atoms with Crippen molar-refractivity contribution in [2.45, 2.75) is 25.7 Å². The summed E-state index contributed by atoms with van der Waals surface area (Å²) in [6.07, 6.45) is 4.35. The molecule has 2 unspecified atom stereocenters. The monoisotopic (exact) mass is 409 g/mol. The molecule has 5 aliphatic rings. The maximum atomic E-state index is 13.0. The van der Waals surface area contributed by atoms with Gasteiger partial charge in [-0.25, -0.2) is 0 Å². The minimum Gasteiger partial charge on any atom is -0.266 e. The fourth-order valence-corrected chi connectivity index (χ4v) is 9.54. The Morgan fingerprint density at radius 1 is 0.931 bits per heavy atom. The van der Waals surface area contributed by atoms with Gasteiger partial charge in [0.1, 0.15) is 0 Å². The molecule has 2 amide bonds. The van der Waals surface area contributed by atoms with Gasteiger partial charge >= 0.3 is 0 Å². The van der Waals surface area contributed by atoms with E-state index in [1.165, 1.54) is 12.8 Å². The molecule has 1 spiro atoms. The van der Waals surface area contributed by atoms with Crippen LogP contribution < -0.4 is 0 Å². The first-order valence-electron chi connectivity index (χ1n) is 10.2. The van der Waals surface area contributed by atoms with E-state index >= 15 is 0 Å². The van der Waals surface area contributed by atoms with E-state index in [4.69, 9.17) is 4.28 Å². The number of imide groups is 1. The van der Waals surface area contributed by atoms with Crippen LogP contribution in [0.25, 0.3) is 10.8 Å². The summed E-state index contributed by atoms with van der Waals surface area (Å²) in [7, 11) is -4.07. The molecule has 0 aromatic heterocycles. The summed E-state index contributed by atoms with van der Waals surface area (Å²) in [4.78, 5) is 25.8. The summed E-state index contributed by atoms with van der Waals surface area (Å²) < 4.78 is 31.1. The molecular weight excluding hydrogens is 390 g/mol. The maximum absolute atomic E-state index is 13.0. The minimum absolute atomic E-state index is 0.0909. The van der Waals surface area contributed by atoms with Crippen molar-refractivity contribution in [3.63, 3.8) is 0 Å². The Hall–Kier alpha value is -2.25. The van der Waals surface area contributed by atoms with E-state index in [1.807, 2.05) is 12.1 Å². The van der Waals surface area contributed by atoms with Crippen LogP contribution in [-0.4, -0.2) is 31.0 Å². The van der Waals surface area contributed by atoms with Gasteiger partial charge < -0.3 is 0 Å². The van der Waals surface area contributed by atoms with Gasteiger partial charge in [0.2, 0.25) is 0 Å². The highest BCUT2D eigenvalue weighted by Gasteiger charge is 2.87. The first-order chi connectivity index (χ1) is 13.9. The van der Waals surface area contributed by atoms with Crippen molar-refractivity contribution >= 4 is 32.7 Å². The lowest BCUT2D eigenvalue weighted by Gasteiger charge is -2.91. The Bertz CT molecular complexity index is 1190. The number of hydrogen-bond donors (Lipinski definition) is 0. The largest absolute Gasteiger partial charge is 0.289 e.